The molecule has 6 aromatic rings. The van der Waals surface area contributed by atoms with Crippen LogP contribution in [0, 0.1) is 0 Å². The van der Waals surface area contributed by atoms with E-state index in [2.05, 4.69) is 37.0 Å². The topological polar surface area (TPSA) is 88.1 Å². The van der Waals surface area contributed by atoms with Gasteiger partial charge in [-0.2, -0.15) is 9.78 Å². The summed E-state index contributed by atoms with van der Waals surface area (Å²) in [4.78, 5) is 18.5. The molecule has 0 aliphatic heterocycles. The summed E-state index contributed by atoms with van der Waals surface area (Å²) in [6, 6.07) is 25.8. The largest absolute Gasteiger partial charge is 0.496 e. The molecule has 2 aromatic heterocycles. The van der Waals surface area contributed by atoms with E-state index in [0.29, 0.717) is 45.1 Å². The highest BCUT2D eigenvalue weighted by atomic mass is 79.9. The number of hydrogen-bond acceptors (Lipinski definition) is 7. The lowest BCUT2D eigenvalue weighted by atomic mass is 10.2. The van der Waals surface area contributed by atoms with Crippen LogP contribution in [0.25, 0.3) is 33.5 Å². The third-order valence-corrected chi connectivity index (χ3v) is 7.88. The molecule has 0 N–H and O–H groups in total. The number of hydrogen-bond donors (Lipinski definition) is 0. The van der Waals surface area contributed by atoms with Crippen molar-refractivity contribution in [1.82, 2.24) is 9.66 Å². The number of methoxy groups -OCH3 is 2. The Kier molecular flexibility index (Phi) is 7.82. The Bertz CT molecular complexity index is 2030. The molecule has 0 atom stereocenters. The van der Waals surface area contributed by atoms with Crippen molar-refractivity contribution in [1.29, 1.82) is 0 Å². The Morgan fingerprint density at radius 2 is 1.69 bits per heavy atom. The number of ether oxygens (including phenoxy) is 3. The second-order valence-electron chi connectivity index (χ2n) is 9.20. The van der Waals surface area contributed by atoms with Crippen molar-refractivity contribution in [3.8, 4) is 28.8 Å². The van der Waals surface area contributed by atoms with Gasteiger partial charge in [-0.25, -0.2) is 4.98 Å². The van der Waals surface area contributed by atoms with Crippen molar-refractivity contribution in [2.75, 3.05) is 14.2 Å². The van der Waals surface area contributed by atoms with E-state index in [1.54, 1.807) is 50.8 Å². The maximum absolute atomic E-state index is 13.7. The third kappa shape index (κ3) is 5.31. The fourth-order valence-corrected chi connectivity index (χ4v) is 5.73. The lowest BCUT2D eigenvalue weighted by Gasteiger charge is -2.14. The van der Waals surface area contributed by atoms with Gasteiger partial charge < -0.3 is 18.6 Å². The van der Waals surface area contributed by atoms with Crippen LogP contribution in [0.4, 0.5) is 0 Å². The highest BCUT2D eigenvalue weighted by Crippen LogP contribution is 2.34. The fraction of sp³-hybridized carbons (Fsp3) is 0.0938. The summed E-state index contributed by atoms with van der Waals surface area (Å²) >= 11 is 7.06. The van der Waals surface area contributed by atoms with Gasteiger partial charge in [0.2, 0.25) is 5.82 Å². The molecule has 0 spiro atoms. The van der Waals surface area contributed by atoms with Crippen LogP contribution < -0.4 is 19.8 Å². The number of furan rings is 1. The molecule has 10 heteroatoms. The van der Waals surface area contributed by atoms with Gasteiger partial charge in [-0.1, -0.05) is 62.2 Å². The Hall–Kier alpha value is -4.41. The van der Waals surface area contributed by atoms with E-state index >= 15 is 0 Å². The summed E-state index contributed by atoms with van der Waals surface area (Å²) in [5, 5.41) is 5.79. The van der Waals surface area contributed by atoms with Crippen LogP contribution in [-0.4, -0.2) is 30.1 Å². The first-order chi connectivity index (χ1) is 20.5. The molecule has 0 fully saturated rings. The number of fused-ring (bicyclic) bond motifs is 2. The summed E-state index contributed by atoms with van der Waals surface area (Å²) < 4.78 is 26.6. The van der Waals surface area contributed by atoms with Crippen LogP contribution in [0.1, 0.15) is 11.1 Å². The second-order valence-corrected chi connectivity index (χ2v) is 11.0. The van der Waals surface area contributed by atoms with Gasteiger partial charge >= 0.3 is 0 Å². The van der Waals surface area contributed by atoms with Crippen molar-refractivity contribution >= 4 is 59.9 Å². The van der Waals surface area contributed by atoms with Gasteiger partial charge in [0.15, 0.2) is 17.3 Å². The minimum Gasteiger partial charge on any atom is -0.496 e. The SMILES string of the molecule is COc1cccc(C=Nn2c(-c3cc4c(OC)cccc4o3)nc3ccccc3c2=O)c1OCc1ccc(Br)cc1Br. The van der Waals surface area contributed by atoms with Crippen molar-refractivity contribution in [2.24, 2.45) is 5.10 Å². The minimum atomic E-state index is -0.344. The number of para-hydroxylation sites is 2. The van der Waals surface area contributed by atoms with E-state index in [4.69, 9.17) is 23.6 Å². The third-order valence-electron chi connectivity index (χ3n) is 6.64. The van der Waals surface area contributed by atoms with Crippen LogP contribution in [-0.2, 0) is 6.61 Å². The molecule has 0 aliphatic rings. The smallest absolute Gasteiger partial charge is 0.282 e. The lowest BCUT2D eigenvalue weighted by molar-refractivity contribution is 0.283. The first kappa shape index (κ1) is 27.7. The van der Waals surface area contributed by atoms with Gasteiger partial charge in [0.1, 0.15) is 17.9 Å². The molecule has 0 unspecified atom stereocenters. The summed E-state index contributed by atoms with van der Waals surface area (Å²) in [5.74, 6) is 2.28. The zero-order valence-corrected chi connectivity index (χ0v) is 25.7. The van der Waals surface area contributed by atoms with Gasteiger partial charge in [-0.15, -0.1) is 0 Å². The van der Waals surface area contributed by atoms with Crippen LogP contribution in [0.2, 0.25) is 0 Å². The molecule has 0 aliphatic carbocycles. The van der Waals surface area contributed by atoms with Crippen molar-refractivity contribution in [3.63, 3.8) is 0 Å². The molecule has 0 saturated heterocycles. The molecule has 42 heavy (non-hydrogen) atoms. The van der Waals surface area contributed by atoms with Gasteiger partial charge in [0.25, 0.3) is 5.56 Å². The van der Waals surface area contributed by atoms with Crippen LogP contribution >= 0.6 is 31.9 Å². The number of benzene rings is 4. The monoisotopic (exact) mass is 687 g/mol. The molecule has 0 bridgehead atoms. The molecule has 6 rings (SSSR count). The molecule has 0 radical (unpaired) electrons. The van der Waals surface area contributed by atoms with Crippen molar-refractivity contribution in [3.05, 3.63) is 115 Å². The van der Waals surface area contributed by atoms with E-state index in [1.807, 2.05) is 54.6 Å². The standard InChI is InChI=1S/C32H23Br2N3O5/c1-39-26-10-6-11-27-23(26)16-29(42-27)31-36-25-9-4-3-8-22(25)32(38)37(31)35-17-19-7-5-12-28(40-2)30(19)41-18-20-13-14-21(33)15-24(20)34/h3-17H,18H2,1-2H3. The van der Waals surface area contributed by atoms with E-state index < -0.39 is 0 Å². The number of nitrogens with zero attached hydrogens (tertiary/aromatic N) is 3. The maximum Gasteiger partial charge on any atom is 0.282 e. The highest BCUT2D eigenvalue weighted by molar-refractivity contribution is 9.11. The Morgan fingerprint density at radius 3 is 2.50 bits per heavy atom. The summed E-state index contributed by atoms with van der Waals surface area (Å²) in [6.45, 7) is 0.276. The Morgan fingerprint density at radius 1 is 0.905 bits per heavy atom. The second kappa shape index (κ2) is 11.8. The van der Waals surface area contributed by atoms with E-state index in [0.717, 1.165) is 19.9 Å². The van der Waals surface area contributed by atoms with E-state index in [-0.39, 0.29) is 18.0 Å². The van der Waals surface area contributed by atoms with E-state index in [9.17, 15) is 4.79 Å². The average Bonchev–Trinajstić information content (AvgIpc) is 3.45. The molecule has 0 saturated carbocycles. The van der Waals surface area contributed by atoms with Gasteiger partial charge in [0.05, 0.1) is 36.7 Å². The molecule has 8 nitrogen and oxygen atoms in total. The number of halogens is 2. The van der Waals surface area contributed by atoms with Gasteiger partial charge in [-0.3, -0.25) is 4.79 Å². The van der Waals surface area contributed by atoms with Crippen LogP contribution in [0.15, 0.2) is 108 Å². The van der Waals surface area contributed by atoms with Crippen molar-refractivity contribution in [2.45, 2.75) is 6.61 Å². The summed E-state index contributed by atoms with van der Waals surface area (Å²) in [7, 11) is 3.17. The molecular formula is C32H23Br2N3O5. The molecule has 2 heterocycles. The zero-order chi connectivity index (χ0) is 29.2. The average molecular weight is 689 g/mol. The minimum absolute atomic E-state index is 0.248. The van der Waals surface area contributed by atoms with Crippen LogP contribution in [0.5, 0.6) is 17.2 Å². The lowest BCUT2D eigenvalue weighted by Crippen LogP contribution is -2.20. The molecule has 0 amide bonds. The van der Waals surface area contributed by atoms with Gasteiger partial charge in [-0.05, 0) is 54.6 Å². The number of rotatable bonds is 8. The highest BCUT2D eigenvalue weighted by Gasteiger charge is 2.18. The zero-order valence-electron chi connectivity index (χ0n) is 22.5. The van der Waals surface area contributed by atoms with Crippen molar-refractivity contribution < 1.29 is 18.6 Å². The molecule has 4 aromatic carbocycles. The predicted molar refractivity (Wildman–Crippen MR) is 170 cm³/mol. The first-order valence-corrected chi connectivity index (χ1v) is 14.4. The first-order valence-electron chi connectivity index (χ1n) is 12.8. The fourth-order valence-electron chi connectivity index (χ4n) is 4.57. The summed E-state index contributed by atoms with van der Waals surface area (Å²) in [6.07, 6.45) is 1.55. The normalized spacial score (nSPS) is 11.4. The summed E-state index contributed by atoms with van der Waals surface area (Å²) in [5.41, 5.74) is 2.35. The van der Waals surface area contributed by atoms with Crippen LogP contribution in [0.3, 0.4) is 0 Å². The number of aromatic nitrogens is 2. The van der Waals surface area contributed by atoms with Gasteiger partial charge in [0, 0.05) is 20.1 Å². The molecular weight excluding hydrogens is 666 g/mol. The Labute approximate surface area is 257 Å². The predicted octanol–water partition coefficient (Wildman–Crippen LogP) is 7.81. The maximum atomic E-state index is 13.7. The van der Waals surface area contributed by atoms with E-state index in [1.165, 1.54) is 4.68 Å². The Balaban J connectivity index is 1.46. The quantitative estimate of drug-likeness (QED) is 0.152. The molecule has 210 valence electrons.